The van der Waals surface area contributed by atoms with Crippen LogP contribution in [-0.4, -0.2) is 32.8 Å². The summed E-state index contributed by atoms with van der Waals surface area (Å²) < 4.78 is 2.23. The molecule has 1 aromatic rings. The minimum absolute atomic E-state index is 0. The van der Waals surface area contributed by atoms with Crippen LogP contribution in [0.25, 0.3) is 0 Å². The molecule has 0 radical (unpaired) electrons. The Morgan fingerprint density at radius 2 is 1.87 bits per heavy atom. The molecule has 23 heavy (non-hydrogen) atoms. The van der Waals surface area contributed by atoms with Crippen LogP contribution in [0.3, 0.4) is 0 Å². The van der Waals surface area contributed by atoms with Gasteiger partial charge in [0.2, 0.25) is 5.91 Å². The van der Waals surface area contributed by atoms with Crippen LogP contribution in [0.4, 0.5) is 0 Å². The van der Waals surface area contributed by atoms with Crippen molar-refractivity contribution in [1.82, 2.24) is 20.1 Å². The van der Waals surface area contributed by atoms with Crippen molar-refractivity contribution in [2.24, 2.45) is 5.73 Å². The molecule has 2 aliphatic rings. The molecule has 0 saturated heterocycles. The maximum atomic E-state index is 12.2. The summed E-state index contributed by atoms with van der Waals surface area (Å²) in [6.07, 6.45) is 9.12. The molecule has 0 bridgehead atoms. The van der Waals surface area contributed by atoms with Crippen molar-refractivity contribution in [3.63, 3.8) is 0 Å². The fourth-order valence-electron chi connectivity index (χ4n) is 3.43. The van der Waals surface area contributed by atoms with Gasteiger partial charge in [-0.15, -0.1) is 35.0 Å². The van der Waals surface area contributed by atoms with Gasteiger partial charge in [-0.3, -0.25) is 4.79 Å². The van der Waals surface area contributed by atoms with Crippen LogP contribution in [0.2, 0.25) is 0 Å². The number of nitrogens with zero attached hydrogens (tertiary/aromatic N) is 3. The van der Waals surface area contributed by atoms with Gasteiger partial charge in [0.15, 0.2) is 0 Å². The summed E-state index contributed by atoms with van der Waals surface area (Å²) in [6.45, 7) is 1.60. The fraction of sp³-hybridized carbons (Fsp3) is 0.800. The van der Waals surface area contributed by atoms with Crippen LogP contribution in [0.5, 0.6) is 0 Å². The lowest BCUT2D eigenvalue weighted by Gasteiger charge is -2.22. The zero-order valence-electron chi connectivity index (χ0n) is 13.4. The monoisotopic (exact) mass is 363 g/mol. The molecule has 132 valence electrons. The third-order valence-corrected chi connectivity index (χ3v) is 4.77. The first-order valence-corrected chi connectivity index (χ1v) is 8.17. The summed E-state index contributed by atoms with van der Waals surface area (Å²) in [5, 5.41) is 11.5. The highest BCUT2D eigenvalue weighted by Crippen LogP contribution is 2.27. The number of hydrogen-bond acceptors (Lipinski definition) is 4. The highest BCUT2D eigenvalue weighted by Gasteiger charge is 2.36. The van der Waals surface area contributed by atoms with E-state index in [1.54, 1.807) is 0 Å². The third kappa shape index (κ3) is 4.58. The van der Waals surface area contributed by atoms with Gasteiger partial charge >= 0.3 is 0 Å². The van der Waals surface area contributed by atoms with Gasteiger partial charge in [0.25, 0.3) is 0 Å². The topological polar surface area (TPSA) is 85.8 Å². The second kappa shape index (κ2) is 8.85. The molecule has 6 nitrogen and oxygen atoms in total. The van der Waals surface area contributed by atoms with E-state index in [4.69, 9.17) is 5.73 Å². The van der Waals surface area contributed by atoms with Crippen LogP contribution < -0.4 is 11.1 Å². The Bertz CT molecular complexity index is 514. The largest absolute Gasteiger partial charge is 0.354 e. The van der Waals surface area contributed by atoms with Gasteiger partial charge in [-0.1, -0.05) is 19.3 Å². The smallest absolute Gasteiger partial charge is 0.240 e. The van der Waals surface area contributed by atoms with Crippen molar-refractivity contribution >= 4 is 30.7 Å². The Balaban J connectivity index is 0.00000132. The molecule has 3 rings (SSSR count). The van der Waals surface area contributed by atoms with Gasteiger partial charge in [0.1, 0.15) is 11.6 Å². The second-order valence-corrected chi connectivity index (χ2v) is 6.36. The Labute approximate surface area is 149 Å². The first kappa shape index (κ1) is 20.2. The van der Waals surface area contributed by atoms with Gasteiger partial charge in [0, 0.05) is 25.9 Å². The lowest BCUT2D eigenvalue weighted by Crippen LogP contribution is -2.52. The minimum Gasteiger partial charge on any atom is -0.354 e. The van der Waals surface area contributed by atoms with Crippen molar-refractivity contribution in [1.29, 1.82) is 0 Å². The maximum Gasteiger partial charge on any atom is 0.240 e. The number of hydrogen-bond donors (Lipinski definition) is 2. The van der Waals surface area contributed by atoms with Crippen molar-refractivity contribution in [3.05, 3.63) is 11.6 Å². The van der Waals surface area contributed by atoms with Crippen LogP contribution in [0.15, 0.2) is 0 Å². The van der Waals surface area contributed by atoms with Gasteiger partial charge in [-0.25, -0.2) is 0 Å². The molecule has 0 spiro atoms. The molecular weight excluding hydrogens is 337 g/mol. The van der Waals surface area contributed by atoms with Gasteiger partial charge in [0.05, 0.1) is 5.54 Å². The lowest BCUT2D eigenvalue weighted by molar-refractivity contribution is -0.126. The first-order chi connectivity index (χ1) is 10.2. The highest BCUT2D eigenvalue weighted by atomic mass is 35.5. The van der Waals surface area contributed by atoms with E-state index in [-0.39, 0.29) is 30.7 Å². The second-order valence-electron chi connectivity index (χ2n) is 6.36. The first-order valence-electron chi connectivity index (χ1n) is 8.17. The number of carbonyl (C=O) groups is 1. The van der Waals surface area contributed by atoms with Crippen molar-refractivity contribution < 1.29 is 4.79 Å². The van der Waals surface area contributed by atoms with Crippen LogP contribution in [0.1, 0.15) is 56.6 Å². The standard InChI is InChI=1S/C15H25N5O.2ClH/c16-15(8-3-4-9-15)14(21)17-10-7-13-19-18-12-6-2-1-5-11-20(12)13;;/h1-11,16H2,(H,17,21);2*1H. The maximum absolute atomic E-state index is 12.2. The predicted molar refractivity (Wildman–Crippen MR) is 94.2 cm³/mol. The van der Waals surface area contributed by atoms with E-state index in [9.17, 15) is 4.79 Å². The molecule has 1 amide bonds. The molecule has 0 atom stereocenters. The number of nitrogens with two attached hydrogens (primary N) is 1. The quantitative estimate of drug-likeness (QED) is 0.853. The summed E-state index contributed by atoms with van der Waals surface area (Å²) in [5.74, 6) is 2.08. The van der Waals surface area contributed by atoms with E-state index in [1.807, 2.05) is 0 Å². The molecule has 2 heterocycles. The molecule has 3 N–H and O–H groups in total. The van der Waals surface area contributed by atoms with Gasteiger partial charge in [-0.05, 0) is 25.7 Å². The molecule has 1 aliphatic heterocycles. The molecule has 1 fully saturated rings. The Kier molecular flexibility index (Phi) is 7.77. The van der Waals surface area contributed by atoms with E-state index >= 15 is 0 Å². The summed E-state index contributed by atoms with van der Waals surface area (Å²) in [7, 11) is 0. The number of halogens is 2. The average molecular weight is 364 g/mol. The molecule has 1 aliphatic carbocycles. The fourth-order valence-corrected chi connectivity index (χ4v) is 3.43. The van der Waals surface area contributed by atoms with Crippen LogP contribution in [-0.2, 0) is 24.2 Å². The molecule has 1 saturated carbocycles. The Morgan fingerprint density at radius 1 is 1.13 bits per heavy atom. The van der Waals surface area contributed by atoms with Crippen molar-refractivity contribution in [2.45, 2.75) is 69.9 Å². The van der Waals surface area contributed by atoms with E-state index in [1.165, 1.54) is 19.3 Å². The molecule has 0 aromatic carbocycles. The van der Waals surface area contributed by atoms with E-state index < -0.39 is 5.54 Å². The summed E-state index contributed by atoms with van der Waals surface area (Å²) >= 11 is 0. The predicted octanol–water partition coefficient (Wildman–Crippen LogP) is 1.78. The van der Waals surface area contributed by atoms with Crippen LogP contribution in [0, 0.1) is 0 Å². The summed E-state index contributed by atoms with van der Waals surface area (Å²) in [5.41, 5.74) is 5.51. The number of carbonyl (C=O) groups excluding carboxylic acids is 1. The summed E-state index contributed by atoms with van der Waals surface area (Å²) in [4.78, 5) is 12.2. The zero-order chi connectivity index (χ0) is 14.7. The van der Waals surface area contributed by atoms with Gasteiger partial charge in [-0.2, -0.15) is 0 Å². The lowest BCUT2D eigenvalue weighted by atomic mass is 9.98. The van der Waals surface area contributed by atoms with E-state index in [0.717, 1.165) is 56.7 Å². The molecular formula is C15H27Cl2N5O. The zero-order valence-corrected chi connectivity index (χ0v) is 15.1. The third-order valence-electron chi connectivity index (χ3n) is 4.77. The molecule has 1 aromatic heterocycles. The van der Waals surface area contributed by atoms with E-state index in [2.05, 4.69) is 20.1 Å². The molecule has 8 heteroatoms. The SMILES string of the molecule is Cl.Cl.NC1(C(=O)NCCc2nnc3n2CCCCC3)CCCC1. The number of rotatable bonds is 4. The number of amides is 1. The number of nitrogens with one attached hydrogen (secondary N) is 1. The normalized spacial score (nSPS) is 19.0. The number of aryl methyl sites for hydroxylation is 1. The molecule has 0 unspecified atom stereocenters. The van der Waals surface area contributed by atoms with Crippen molar-refractivity contribution in [3.8, 4) is 0 Å². The van der Waals surface area contributed by atoms with Crippen molar-refractivity contribution in [2.75, 3.05) is 6.54 Å². The Morgan fingerprint density at radius 3 is 2.61 bits per heavy atom. The number of fused-ring (bicyclic) bond motifs is 1. The highest BCUT2D eigenvalue weighted by molar-refractivity contribution is 5.86. The number of aromatic nitrogens is 3. The van der Waals surface area contributed by atoms with Crippen LogP contribution >= 0.6 is 24.8 Å². The van der Waals surface area contributed by atoms with E-state index in [0.29, 0.717) is 6.54 Å². The van der Waals surface area contributed by atoms with Gasteiger partial charge < -0.3 is 15.6 Å². The summed E-state index contributed by atoms with van der Waals surface area (Å²) in [6, 6.07) is 0. The minimum atomic E-state index is -0.637. The Hall–Kier alpha value is -0.850. The average Bonchev–Trinajstić information content (AvgIpc) is 3.00.